The molecule has 172 valence electrons. The van der Waals surface area contributed by atoms with Gasteiger partial charge in [0.1, 0.15) is 17.7 Å². The molecule has 1 unspecified atom stereocenters. The summed E-state index contributed by atoms with van der Waals surface area (Å²) < 4.78 is 15.0. The van der Waals surface area contributed by atoms with Crippen LogP contribution in [0.5, 0.6) is 5.75 Å². The molecule has 1 aromatic carbocycles. The molecule has 1 N–H and O–H groups in total. The quantitative estimate of drug-likeness (QED) is 0.708. The molecule has 1 saturated carbocycles. The van der Waals surface area contributed by atoms with Gasteiger partial charge in [0.25, 0.3) is 17.4 Å². The van der Waals surface area contributed by atoms with E-state index in [0.717, 1.165) is 18.4 Å². The van der Waals surface area contributed by atoms with E-state index in [1.54, 1.807) is 24.0 Å². The van der Waals surface area contributed by atoms with Gasteiger partial charge in [0.2, 0.25) is 0 Å². The van der Waals surface area contributed by atoms with Gasteiger partial charge in [0.05, 0.1) is 5.56 Å². The number of aromatic hydroxyl groups is 1. The molecule has 0 bridgehead atoms. The second-order valence-corrected chi connectivity index (χ2v) is 9.06. The van der Waals surface area contributed by atoms with Gasteiger partial charge < -0.3 is 14.9 Å². The Kier molecular flexibility index (Phi) is 5.11. The molecule has 5 rings (SSSR count). The first kappa shape index (κ1) is 21.4. The highest BCUT2D eigenvalue weighted by molar-refractivity contribution is 6.04. The molecule has 1 fully saturated rings. The van der Waals surface area contributed by atoms with Crippen LogP contribution in [0.4, 0.5) is 4.39 Å². The van der Waals surface area contributed by atoms with E-state index in [0.29, 0.717) is 30.6 Å². The smallest absolute Gasteiger partial charge is 0.295 e. The summed E-state index contributed by atoms with van der Waals surface area (Å²) in [6.45, 7) is 4.46. The van der Waals surface area contributed by atoms with Gasteiger partial charge in [-0.1, -0.05) is 24.3 Å². The van der Waals surface area contributed by atoms with Crippen LogP contribution in [0.15, 0.2) is 35.1 Å². The van der Waals surface area contributed by atoms with Crippen molar-refractivity contribution >= 4 is 11.8 Å². The van der Waals surface area contributed by atoms with Gasteiger partial charge in [-0.3, -0.25) is 19.0 Å². The van der Waals surface area contributed by atoms with E-state index in [1.165, 1.54) is 15.5 Å². The Balaban J connectivity index is 1.56. The van der Waals surface area contributed by atoms with Gasteiger partial charge >= 0.3 is 0 Å². The fourth-order valence-corrected chi connectivity index (χ4v) is 5.04. The second-order valence-electron chi connectivity index (χ2n) is 9.06. The minimum absolute atomic E-state index is 0.0767. The number of carbonyl (C=O) groups is 2. The Morgan fingerprint density at radius 1 is 1.18 bits per heavy atom. The number of nitrogens with zero attached hydrogens (tertiary/aromatic N) is 3. The molecule has 1 atom stereocenters. The Bertz CT molecular complexity index is 1260. The van der Waals surface area contributed by atoms with E-state index in [2.05, 4.69) is 0 Å². The normalized spacial score (nSPS) is 20.0. The van der Waals surface area contributed by atoms with E-state index in [4.69, 9.17) is 0 Å². The zero-order chi connectivity index (χ0) is 23.4. The molecule has 33 heavy (non-hydrogen) atoms. The molecule has 0 radical (unpaired) electrons. The minimum atomic E-state index is -0.690. The Hall–Kier alpha value is -3.42. The van der Waals surface area contributed by atoms with Gasteiger partial charge in [-0.15, -0.1) is 0 Å². The zero-order valence-corrected chi connectivity index (χ0v) is 18.7. The topological polar surface area (TPSA) is 82.9 Å². The van der Waals surface area contributed by atoms with E-state index in [9.17, 15) is 23.9 Å². The largest absolute Gasteiger partial charge is 0.502 e. The fourth-order valence-electron chi connectivity index (χ4n) is 5.04. The van der Waals surface area contributed by atoms with Crippen molar-refractivity contribution in [2.24, 2.45) is 5.92 Å². The van der Waals surface area contributed by atoms with Crippen molar-refractivity contribution in [3.05, 3.63) is 74.5 Å². The Morgan fingerprint density at radius 3 is 2.61 bits per heavy atom. The summed E-state index contributed by atoms with van der Waals surface area (Å²) >= 11 is 0. The predicted octanol–water partition coefficient (Wildman–Crippen LogP) is 3.14. The van der Waals surface area contributed by atoms with E-state index < -0.39 is 23.4 Å². The van der Waals surface area contributed by atoms with Crippen molar-refractivity contribution in [1.82, 2.24) is 14.4 Å². The van der Waals surface area contributed by atoms with Gasteiger partial charge in [-0.05, 0) is 56.2 Å². The number of aromatic nitrogens is 1. The van der Waals surface area contributed by atoms with Crippen LogP contribution in [0.2, 0.25) is 0 Å². The molecule has 2 amide bonds. The van der Waals surface area contributed by atoms with Crippen molar-refractivity contribution in [3.8, 4) is 5.75 Å². The van der Waals surface area contributed by atoms with Crippen LogP contribution >= 0.6 is 0 Å². The Labute approximate surface area is 190 Å². The molecular weight excluding hydrogens is 425 g/mol. The minimum Gasteiger partial charge on any atom is -0.502 e. The highest BCUT2D eigenvalue weighted by Crippen LogP contribution is 2.46. The summed E-state index contributed by atoms with van der Waals surface area (Å²) in [6.07, 6.45) is 5.48. The maximum absolute atomic E-state index is 13.6. The number of allylic oxidation sites excluding steroid dienone is 1. The average molecular weight is 451 g/mol. The molecule has 0 spiro atoms. The highest BCUT2D eigenvalue weighted by atomic mass is 19.1. The summed E-state index contributed by atoms with van der Waals surface area (Å²) in [5.41, 5.74) is 1.15. The van der Waals surface area contributed by atoms with E-state index >= 15 is 0 Å². The highest BCUT2D eigenvalue weighted by Gasteiger charge is 2.49. The lowest BCUT2D eigenvalue weighted by Crippen LogP contribution is -2.40. The lowest BCUT2D eigenvalue weighted by atomic mass is 9.95. The molecule has 1 aromatic heterocycles. The third-order valence-electron chi connectivity index (χ3n) is 6.84. The molecule has 1 aliphatic carbocycles. The maximum Gasteiger partial charge on any atom is 0.295 e. The summed E-state index contributed by atoms with van der Waals surface area (Å²) in [5, 5.41) is 10.8. The van der Waals surface area contributed by atoms with Crippen molar-refractivity contribution in [3.63, 3.8) is 0 Å². The van der Waals surface area contributed by atoms with Crippen LogP contribution in [0.25, 0.3) is 0 Å². The number of rotatable bonds is 5. The monoisotopic (exact) mass is 451 g/mol. The van der Waals surface area contributed by atoms with Crippen molar-refractivity contribution in [1.29, 1.82) is 0 Å². The first-order valence-electron chi connectivity index (χ1n) is 11.3. The third kappa shape index (κ3) is 3.35. The lowest BCUT2D eigenvalue weighted by molar-refractivity contribution is 0.0695. The van der Waals surface area contributed by atoms with Crippen LogP contribution in [-0.2, 0) is 13.0 Å². The van der Waals surface area contributed by atoms with E-state index in [-0.39, 0.29) is 35.4 Å². The number of carbonyl (C=O) groups excluding carboxylic acids is 2. The first-order valence-corrected chi connectivity index (χ1v) is 11.3. The number of fused-ring (bicyclic) bond motifs is 3. The predicted molar refractivity (Wildman–Crippen MR) is 120 cm³/mol. The molecular formula is C25H26FN3O4. The number of benzene rings is 1. The van der Waals surface area contributed by atoms with Gasteiger partial charge in [0.15, 0.2) is 5.75 Å². The van der Waals surface area contributed by atoms with Crippen LogP contribution in [0, 0.1) is 18.7 Å². The Morgan fingerprint density at radius 2 is 1.94 bits per heavy atom. The number of hydrogen-bond donors (Lipinski definition) is 1. The summed E-state index contributed by atoms with van der Waals surface area (Å²) in [6, 6.07) is 4.66. The maximum atomic E-state index is 13.6. The number of halogens is 1. The SMILES string of the molecule is C/C=C\CN1C(=O)c2c3c(c(O)c(=O)n2C1C1CC1)C(=O)N(Cc1ccc(F)c(C)c1)CC3. The van der Waals surface area contributed by atoms with Crippen LogP contribution < -0.4 is 5.56 Å². The second kappa shape index (κ2) is 7.86. The summed E-state index contributed by atoms with van der Waals surface area (Å²) in [4.78, 5) is 43.2. The van der Waals surface area contributed by atoms with Crippen molar-refractivity contribution in [2.75, 3.05) is 13.1 Å². The first-order chi connectivity index (χ1) is 15.8. The van der Waals surface area contributed by atoms with Crippen LogP contribution in [0.3, 0.4) is 0 Å². The number of hydrogen-bond acceptors (Lipinski definition) is 4. The molecule has 3 aliphatic rings. The molecule has 7 nitrogen and oxygen atoms in total. The molecule has 2 aromatic rings. The average Bonchev–Trinajstić information content (AvgIpc) is 3.58. The molecule has 8 heteroatoms. The van der Waals surface area contributed by atoms with Crippen molar-refractivity contribution in [2.45, 2.75) is 45.8 Å². The zero-order valence-electron chi connectivity index (χ0n) is 18.7. The van der Waals surface area contributed by atoms with Gasteiger partial charge in [-0.2, -0.15) is 0 Å². The lowest BCUT2D eigenvalue weighted by Gasteiger charge is -2.30. The van der Waals surface area contributed by atoms with Gasteiger partial charge in [-0.25, -0.2) is 4.39 Å². The standard InChI is InChI=1S/C25H26FN3O4/c1-3-4-10-28-22(16-6-7-16)29-20(24(28)32)17-9-11-27(23(31)19(17)21(30)25(29)33)13-15-5-8-18(26)14(2)12-15/h3-5,8,12,16,22,30H,6-7,9-11,13H2,1-2H3/b4-3-. The van der Waals surface area contributed by atoms with Crippen molar-refractivity contribution < 1.29 is 19.1 Å². The summed E-state index contributed by atoms with van der Waals surface area (Å²) in [7, 11) is 0. The number of pyridine rings is 1. The third-order valence-corrected chi connectivity index (χ3v) is 6.84. The van der Waals surface area contributed by atoms with Gasteiger partial charge in [0, 0.05) is 25.2 Å². The fraction of sp³-hybridized carbons (Fsp3) is 0.400. The number of aryl methyl sites for hydroxylation is 1. The van der Waals surface area contributed by atoms with E-state index in [1.807, 2.05) is 19.1 Å². The molecule has 3 heterocycles. The van der Waals surface area contributed by atoms with Crippen LogP contribution in [-0.4, -0.2) is 44.4 Å². The van der Waals surface area contributed by atoms with Crippen LogP contribution in [0.1, 0.15) is 63.5 Å². The number of amides is 2. The molecule has 2 aliphatic heterocycles. The summed E-state index contributed by atoms with van der Waals surface area (Å²) in [5.74, 6) is -1.49. The molecule has 0 saturated heterocycles.